The number of carbonyl (C=O) groups excluding carboxylic acids is 2. The summed E-state index contributed by atoms with van der Waals surface area (Å²) in [6.45, 7) is 3.05. The fourth-order valence-electron chi connectivity index (χ4n) is 7.60. The zero-order chi connectivity index (χ0) is 55.4. The number of halogens is 14. The van der Waals surface area contributed by atoms with Crippen LogP contribution in [0.25, 0.3) is 21.1 Å². The number of ketones is 2. The van der Waals surface area contributed by atoms with Crippen LogP contribution >= 0.6 is 69.0 Å². The van der Waals surface area contributed by atoms with Gasteiger partial charge in [-0.1, -0.05) is 23.2 Å². The molecule has 2 saturated heterocycles. The Bertz CT molecular complexity index is 3220. The number of pyridine rings is 2. The summed E-state index contributed by atoms with van der Waals surface area (Å²) in [4.78, 5) is 40.3. The first kappa shape index (κ1) is 62.5. The van der Waals surface area contributed by atoms with Crippen LogP contribution in [-0.4, -0.2) is 89.2 Å². The minimum atomic E-state index is -4.60. The van der Waals surface area contributed by atoms with Crippen LogP contribution in [0.3, 0.4) is 0 Å². The van der Waals surface area contributed by atoms with Crippen LogP contribution < -0.4 is 5.32 Å². The van der Waals surface area contributed by atoms with E-state index in [9.17, 15) is 70.3 Å². The summed E-state index contributed by atoms with van der Waals surface area (Å²) >= 11 is 13.2. The van der Waals surface area contributed by atoms with Gasteiger partial charge in [0.1, 0.15) is 29.8 Å². The van der Waals surface area contributed by atoms with Gasteiger partial charge in [0.15, 0.2) is 15.8 Å². The lowest BCUT2D eigenvalue weighted by Gasteiger charge is -2.26. The highest BCUT2D eigenvalue weighted by molar-refractivity contribution is 8.13. The first-order valence-corrected chi connectivity index (χ1v) is 28.0. The van der Waals surface area contributed by atoms with Gasteiger partial charge in [-0.3, -0.25) is 19.6 Å². The van der Waals surface area contributed by atoms with Crippen molar-refractivity contribution in [2.45, 2.75) is 111 Å². The third-order valence-corrected chi connectivity index (χ3v) is 17.7. The molecule has 0 amide bonds. The van der Waals surface area contributed by atoms with E-state index in [1.807, 2.05) is 0 Å². The van der Waals surface area contributed by atoms with E-state index in [0.29, 0.717) is 50.9 Å². The van der Waals surface area contributed by atoms with Gasteiger partial charge >= 0.3 is 12.4 Å². The Kier molecular flexibility index (Phi) is 21.0. The molecular weight excluding hydrogens is 1190 g/mol. The predicted octanol–water partition coefficient (Wildman–Crippen LogP) is 12.4. The molecule has 0 aliphatic carbocycles. The van der Waals surface area contributed by atoms with Gasteiger partial charge in [0.2, 0.25) is 10.0 Å². The van der Waals surface area contributed by atoms with Crippen LogP contribution in [0.1, 0.15) is 60.7 Å². The highest BCUT2D eigenvalue weighted by Crippen LogP contribution is 2.39. The zero-order valence-electron chi connectivity index (χ0n) is 38.9. The number of nitrogens with zero attached hydrogens (tertiary/aromatic N) is 5. The second-order valence-electron chi connectivity index (χ2n) is 16.8. The van der Waals surface area contributed by atoms with Crippen LogP contribution in [0.2, 0.25) is 10.0 Å². The average Bonchev–Trinajstić information content (AvgIpc) is 4.16. The lowest BCUT2D eigenvalue weighted by atomic mass is 10.0. The number of rotatable bonds is 13. The standard InChI is InChI=1S/C23H19ClF5N3O3S2.C17H16ClF4N3OS.C6H4ClFO2S.ClH/c1-12-17(26)9-19(32(12)37(34,35)15-5-3-14(25)4-6-15)20(33)7-2-13-8-18(30-10-16(13)24)21-11-31-22(36-21)23(27,28)29;1-8-11(19)5-12(25-8)14(26)3-2-9-4-13(23-6-10(9)18)15-7-24-16(27-15)17(20,21)22;7-11(9,10)6-3-1-5(8)2-4-6;/h3-6,8,10-12,17,19H,2,7,9H2,1H3;4,6-8,11-12,25H,2-3,5H2,1H3;1-4H;1H/t12-,17+,19-;8-,11+,12-;;/m00../s1. The number of aryl methyl sites for hydroxylation is 2. The summed E-state index contributed by atoms with van der Waals surface area (Å²) in [5.41, 5.74) is 1.49. The lowest BCUT2D eigenvalue weighted by molar-refractivity contribution is -0.138. The Hall–Kier alpha value is -4.38. The SMILES string of the molecule is C[C@@H]1N[C@H](C(=O)CCc2cc(-c3cnc(C(F)(F)F)s3)ncc2Cl)C[C@H]1F.C[C@H]1[C@H](F)C[C@@H](C(=O)CCc2cc(-c3cnc(C(F)(F)F)s3)ncc2Cl)N1S(=O)(=O)c1ccc(F)cc1.Cl.O=S(=O)(Cl)c1ccc(F)cc1. The molecule has 6 aromatic rings. The number of benzene rings is 2. The molecule has 30 heteroatoms. The minimum Gasteiger partial charge on any atom is -0.302 e. The molecule has 12 nitrogen and oxygen atoms in total. The van der Waals surface area contributed by atoms with E-state index in [1.165, 1.54) is 25.4 Å². The molecule has 0 radical (unpaired) electrons. The molecule has 2 fully saturated rings. The number of aromatic nitrogens is 4. The third kappa shape index (κ3) is 15.9. The number of carbonyl (C=O) groups is 2. The molecule has 2 aliphatic rings. The molecule has 2 aromatic carbocycles. The van der Waals surface area contributed by atoms with E-state index < -0.39 is 89.3 Å². The van der Waals surface area contributed by atoms with Crippen molar-refractivity contribution >= 4 is 99.6 Å². The van der Waals surface area contributed by atoms with E-state index in [0.717, 1.165) is 65.2 Å². The van der Waals surface area contributed by atoms with Crippen molar-refractivity contribution in [3.63, 3.8) is 0 Å². The molecule has 0 saturated carbocycles. The average molecular weight is 1230 g/mol. The topological polar surface area (TPSA) is 169 Å². The predicted molar refractivity (Wildman–Crippen MR) is 268 cm³/mol. The van der Waals surface area contributed by atoms with Crippen LogP contribution in [-0.2, 0) is 53.9 Å². The van der Waals surface area contributed by atoms with E-state index in [-0.39, 0.29) is 86.6 Å². The van der Waals surface area contributed by atoms with Gasteiger partial charge < -0.3 is 5.32 Å². The highest BCUT2D eigenvalue weighted by Gasteiger charge is 2.49. The largest absolute Gasteiger partial charge is 0.443 e. The summed E-state index contributed by atoms with van der Waals surface area (Å²) in [6.07, 6.45) is -6.95. The van der Waals surface area contributed by atoms with Crippen molar-refractivity contribution in [2.24, 2.45) is 0 Å². The van der Waals surface area contributed by atoms with Crippen molar-refractivity contribution in [3.05, 3.63) is 128 Å². The van der Waals surface area contributed by atoms with Crippen molar-refractivity contribution in [3.8, 4) is 21.1 Å². The van der Waals surface area contributed by atoms with Gasteiger partial charge in [0.25, 0.3) is 9.05 Å². The van der Waals surface area contributed by atoms with Gasteiger partial charge in [-0.05, 0) is 98.5 Å². The first-order chi connectivity index (χ1) is 34.9. The number of hydrogen-bond donors (Lipinski definition) is 1. The first-order valence-electron chi connectivity index (χ1n) is 21.9. The number of alkyl halides is 8. The molecule has 1 N–H and O–H groups in total. The number of thiazole rings is 2. The van der Waals surface area contributed by atoms with Crippen LogP contribution in [0, 0.1) is 11.6 Å². The molecule has 412 valence electrons. The number of Topliss-reactive ketones (excluding diaryl/α,β-unsaturated/α-hetero) is 2. The maximum atomic E-state index is 14.6. The Morgan fingerprint density at radius 1 is 0.671 bits per heavy atom. The summed E-state index contributed by atoms with van der Waals surface area (Å²) in [5, 5.41) is 1.43. The number of sulfonamides is 1. The highest BCUT2D eigenvalue weighted by atomic mass is 35.7. The van der Waals surface area contributed by atoms with E-state index in [2.05, 4.69) is 25.3 Å². The van der Waals surface area contributed by atoms with Gasteiger partial charge in [-0.2, -0.15) is 30.6 Å². The summed E-state index contributed by atoms with van der Waals surface area (Å²) in [5.74, 6) is -1.81. The van der Waals surface area contributed by atoms with Gasteiger partial charge in [-0.25, -0.2) is 44.4 Å². The molecule has 0 bridgehead atoms. The fourth-order valence-corrected chi connectivity index (χ4v) is 12.1. The molecule has 6 heterocycles. The van der Waals surface area contributed by atoms with E-state index in [1.54, 1.807) is 13.0 Å². The molecule has 8 rings (SSSR count). The van der Waals surface area contributed by atoms with Crippen molar-refractivity contribution in [2.75, 3.05) is 0 Å². The maximum absolute atomic E-state index is 14.6. The molecule has 6 atom stereocenters. The van der Waals surface area contributed by atoms with E-state index >= 15 is 0 Å². The Labute approximate surface area is 457 Å². The zero-order valence-corrected chi connectivity index (χ0v) is 45.3. The number of hydrogen-bond acceptors (Lipinski definition) is 13. The monoisotopic (exact) mass is 1230 g/mol. The van der Waals surface area contributed by atoms with Gasteiger partial charge in [-0.15, -0.1) is 35.1 Å². The van der Waals surface area contributed by atoms with Crippen molar-refractivity contribution < 1.29 is 70.3 Å². The molecule has 0 spiro atoms. The Balaban J connectivity index is 0.000000238. The van der Waals surface area contributed by atoms with Crippen molar-refractivity contribution in [1.82, 2.24) is 29.6 Å². The molecule has 0 unspecified atom stereocenters. The van der Waals surface area contributed by atoms with Crippen molar-refractivity contribution in [1.29, 1.82) is 0 Å². The smallest absolute Gasteiger partial charge is 0.302 e. The van der Waals surface area contributed by atoms with Gasteiger partial charge in [0, 0.05) is 67.2 Å². The van der Waals surface area contributed by atoms with Crippen LogP contribution in [0.4, 0.5) is 43.9 Å². The minimum absolute atomic E-state index is 0. The van der Waals surface area contributed by atoms with Gasteiger partial charge in [0.05, 0.1) is 59.1 Å². The number of nitrogens with one attached hydrogen (secondary N) is 1. The molecule has 4 aromatic heterocycles. The second kappa shape index (κ2) is 25.6. The molecular formula is C46H40Cl4F10N6O6S4. The summed E-state index contributed by atoms with van der Waals surface area (Å²) in [7, 11) is -3.06. The fraction of sp³-hybridized carbons (Fsp3) is 0.348. The maximum Gasteiger partial charge on any atom is 0.443 e. The Morgan fingerprint density at radius 2 is 1.11 bits per heavy atom. The second-order valence-corrected chi connectivity index (χ2v) is 24.0. The molecule has 2 aliphatic heterocycles. The normalized spacial score (nSPS) is 20.0. The lowest BCUT2D eigenvalue weighted by Crippen LogP contribution is -2.44. The van der Waals surface area contributed by atoms with E-state index in [4.69, 9.17) is 33.9 Å². The third-order valence-electron chi connectivity index (χ3n) is 11.5. The van der Waals surface area contributed by atoms with Crippen LogP contribution in [0.5, 0.6) is 0 Å². The summed E-state index contributed by atoms with van der Waals surface area (Å²) in [6, 6.07) is 8.03. The Morgan fingerprint density at radius 3 is 1.50 bits per heavy atom. The molecule has 76 heavy (non-hydrogen) atoms. The van der Waals surface area contributed by atoms with Crippen LogP contribution in [0.15, 0.2) is 95.2 Å². The summed E-state index contributed by atoms with van der Waals surface area (Å²) < 4.78 is 179. The quantitative estimate of drug-likeness (QED) is 0.0862.